The van der Waals surface area contributed by atoms with Crippen LogP contribution in [0.5, 0.6) is 0 Å². The second-order valence-electron chi connectivity index (χ2n) is 4.53. The number of nitrogens with one attached hydrogen (secondary N) is 2. The van der Waals surface area contributed by atoms with E-state index in [1.807, 2.05) is 0 Å². The molecular formula is C15H15ClN2O3S. The van der Waals surface area contributed by atoms with Crippen LogP contribution in [0.2, 0.25) is 5.02 Å². The van der Waals surface area contributed by atoms with Gasteiger partial charge in [0, 0.05) is 11.6 Å². The van der Waals surface area contributed by atoms with E-state index in [0.29, 0.717) is 15.5 Å². The summed E-state index contributed by atoms with van der Waals surface area (Å²) < 4.78 is 0. The largest absolute Gasteiger partial charge is 0.387 e. The fraction of sp³-hybridized carbons (Fsp3) is 0.200. The van der Waals surface area contributed by atoms with Crippen molar-refractivity contribution in [2.45, 2.75) is 6.10 Å². The van der Waals surface area contributed by atoms with Gasteiger partial charge in [-0.05, 0) is 29.1 Å². The summed E-state index contributed by atoms with van der Waals surface area (Å²) in [7, 11) is 0. The number of carbonyl (C=O) groups excluding carboxylic acids is 2. The SMILES string of the molecule is O=C(CNC(=O)c1cccs1)NCC(O)c1ccc(Cl)cc1. The number of benzene rings is 1. The molecule has 1 aromatic heterocycles. The van der Waals surface area contributed by atoms with Crippen molar-refractivity contribution in [1.29, 1.82) is 0 Å². The van der Waals surface area contributed by atoms with Crippen LogP contribution in [0.1, 0.15) is 21.3 Å². The van der Waals surface area contributed by atoms with Crippen molar-refractivity contribution >= 4 is 34.8 Å². The van der Waals surface area contributed by atoms with Crippen LogP contribution in [0.25, 0.3) is 0 Å². The minimum absolute atomic E-state index is 0.0648. The van der Waals surface area contributed by atoms with Gasteiger partial charge in [-0.2, -0.15) is 0 Å². The highest BCUT2D eigenvalue weighted by molar-refractivity contribution is 7.12. The van der Waals surface area contributed by atoms with Crippen molar-refractivity contribution in [3.05, 3.63) is 57.2 Å². The van der Waals surface area contributed by atoms with E-state index in [1.165, 1.54) is 11.3 Å². The minimum atomic E-state index is -0.825. The standard InChI is InChI=1S/C15H15ClN2O3S/c16-11-5-3-10(4-6-11)12(19)8-17-14(20)9-18-15(21)13-2-1-7-22-13/h1-7,12,19H,8-9H2,(H,17,20)(H,18,21). The monoisotopic (exact) mass is 338 g/mol. The molecule has 5 nitrogen and oxygen atoms in total. The molecule has 0 aliphatic carbocycles. The van der Waals surface area contributed by atoms with Crippen molar-refractivity contribution in [3.63, 3.8) is 0 Å². The highest BCUT2D eigenvalue weighted by Gasteiger charge is 2.11. The zero-order valence-corrected chi connectivity index (χ0v) is 13.2. The highest BCUT2D eigenvalue weighted by Crippen LogP contribution is 2.15. The van der Waals surface area contributed by atoms with Crippen LogP contribution in [0, 0.1) is 0 Å². The molecule has 116 valence electrons. The number of hydrogen-bond donors (Lipinski definition) is 3. The molecule has 0 saturated heterocycles. The van der Waals surface area contributed by atoms with E-state index < -0.39 is 6.10 Å². The average molecular weight is 339 g/mol. The number of thiophene rings is 1. The first-order chi connectivity index (χ1) is 10.6. The molecule has 2 aromatic rings. The molecule has 1 heterocycles. The lowest BCUT2D eigenvalue weighted by molar-refractivity contribution is -0.120. The molecule has 7 heteroatoms. The Balaban J connectivity index is 1.73. The predicted octanol–water partition coefficient (Wildman–Crippen LogP) is 1.98. The molecule has 0 spiro atoms. The summed E-state index contributed by atoms with van der Waals surface area (Å²) in [6.07, 6.45) is -0.825. The van der Waals surface area contributed by atoms with Crippen LogP contribution in [0.4, 0.5) is 0 Å². The summed E-state index contributed by atoms with van der Waals surface area (Å²) in [4.78, 5) is 23.9. The maximum atomic E-state index is 11.7. The number of aliphatic hydroxyl groups is 1. The highest BCUT2D eigenvalue weighted by atomic mass is 35.5. The summed E-state index contributed by atoms with van der Waals surface area (Å²) in [5.74, 6) is -0.652. The third-order valence-corrected chi connectivity index (χ3v) is 4.02. The Hall–Kier alpha value is -1.89. The average Bonchev–Trinajstić information content (AvgIpc) is 3.05. The van der Waals surface area contributed by atoms with Crippen LogP contribution in [0.15, 0.2) is 41.8 Å². The molecule has 1 unspecified atom stereocenters. The van der Waals surface area contributed by atoms with Gasteiger partial charge in [-0.25, -0.2) is 0 Å². The van der Waals surface area contributed by atoms with Crippen molar-refractivity contribution in [2.24, 2.45) is 0 Å². The van der Waals surface area contributed by atoms with Gasteiger partial charge in [0.1, 0.15) is 0 Å². The van der Waals surface area contributed by atoms with Crippen LogP contribution < -0.4 is 10.6 Å². The Kier molecular flexibility index (Phi) is 5.94. The van der Waals surface area contributed by atoms with E-state index >= 15 is 0 Å². The maximum absolute atomic E-state index is 11.7. The number of rotatable bonds is 6. The fourth-order valence-electron chi connectivity index (χ4n) is 1.73. The van der Waals surface area contributed by atoms with Crippen LogP contribution in [-0.2, 0) is 4.79 Å². The third-order valence-electron chi connectivity index (χ3n) is 2.90. The summed E-state index contributed by atoms with van der Waals surface area (Å²) in [6, 6.07) is 10.2. The van der Waals surface area contributed by atoms with Gasteiger partial charge in [0.15, 0.2) is 0 Å². The van der Waals surface area contributed by atoms with Gasteiger partial charge in [-0.1, -0.05) is 29.8 Å². The second kappa shape index (κ2) is 7.93. The number of aliphatic hydroxyl groups excluding tert-OH is 1. The molecule has 0 bridgehead atoms. The lowest BCUT2D eigenvalue weighted by Gasteiger charge is -2.12. The number of halogens is 1. The number of amides is 2. The third kappa shape index (κ3) is 4.84. The quantitative estimate of drug-likeness (QED) is 0.753. The zero-order valence-electron chi connectivity index (χ0n) is 11.6. The first-order valence-electron chi connectivity index (χ1n) is 6.58. The molecular weight excluding hydrogens is 324 g/mol. The van der Waals surface area contributed by atoms with Crippen molar-refractivity contribution in [3.8, 4) is 0 Å². The smallest absolute Gasteiger partial charge is 0.261 e. The van der Waals surface area contributed by atoms with Gasteiger partial charge in [0.2, 0.25) is 5.91 Å². The maximum Gasteiger partial charge on any atom is 0.261 e. The van der Waals surface area contributed by atoms with Gasteiger partial charge in [0.05, 0.1) is 17.5 Å². The van der Waals surface area contributed by atoms with E-state index in [4.69, 9.17) is 11.6 Å². The summed E-state index contributed by atoms with van der Waals surface area (Å²) in [5, 5.41) is 17.4. The molecule has 2 amide bonds. The lowest BCUT2D eigenvalue weighted by Crippen LogP contribution is -2.38. The van der Waals surface area contributed by atoms with Gasteiger partial charge in [0.25, 0.3) is 5.91 Å². The Morgan fingerprint density at radius 2 is 1.91 bits per heavy atom. The molecule has 0 aliphatic heterocycles. The molecule has 0 radical (unpaired) electrons. The van der Waals surface area contributed by atoms with Crippen LogP contribution >= 0.6 is 22.9 Å². The first-order valence-corrected chi connectivity index (χ1v) is 7.84. The molecule has 0 aliphatic rings. The topological polar surface area (TPSA) is 78.4 Å². The van der Waals surface area contributed by atoms with Crippen LogP contribution in [0.3, 0.4) is 0 Å². The number of carbonyl (C=O) groups is 2. The summed E-state index contributed by atoms with van der Waals surface area (Å²) >= 11 is 7.07. The lowest BCUT2D eigenvalue weighted by atomic mass is 10.1. The van der Waals surface area contributed by atoms with Gasteiger partial charge < -0.3 is 15.7 Å². The number of hydrogen-bond acceptors (Lipinski definition) is 4. The summed E-state index contributed by atoms with van der Waals surface area (Å²) in [5.41, 5.74) is 0.660. The Bertz CT molecular complexity index is 629. The molecule has 2 rings (SSSR count). The van der Waals surface area contributed by atoms with Gasteiger partial charge >= 0.3 is 0 Å². The van der Waals surface area contributed by atoms with Crippen molar-refractivity contribution < 1.29 is 14.7 Å². The molecule has 0 saturated carbocycles. The fourth-order valence-corrected chi connectivity index (χ4v) is 2.50. The molecule has 0 fully saturated rings. The molecule has 3 N–H and O–H groups in total. The molecule has 1 atom stereocenters. The predicted molar refractivity (Wildman–Crippen MR) is 86.1 cm³/mol. The van der Waals surface area contributed by atoms with Crippen LogP contribution in [-0.4, -0.2) is 30.0 Å². The van der Waals surface area contributed by atoms with Crippen molar-refractivity contribution in [2.75, 3.05) is 13.1 Å². The van der Waals surface area contributed by atoms with Gasteiger partial charge in [-0.15, -0.1) is 11.3 Å². The second-order valence-corrected chi connectivity index (χ2v) is 5.92. The Morgan fingerprint density at radius 1 is 1.18 bits per heavy atom. The molecule has 22 heavy (non-hydrogen) atoms. The minimum Gasteiger partial charge on any atom is -0.387 e. The van der Waals surface area contributed by atoms with E-state index in [2.05, 4.69) is 10.6 Å². The Labute approximate surface area is 136 Å². The van der Waals surface area contributed by atoms with E-state index in [-0.39, 0.29) is 24.9 Å². The van der Waals surface area contributed by atoms with E-state index in [1.54, 1.807) is 41.8 Å². The Morgan fingerprint density at radius 3 is 2.55 bits per heavy atom. The first kappa shape index (κ1) is 16.5. The van der Waals surface area contributed by atoms with E-state index in [0.717, 1.165) is 0 Å². The van der Waals surface area contributed by atoms with E-state index in [9.17, 15) is 14.7 Å². The molecule has 1 aromatic carbocycles. The zero-order chi connectivity index (χ0) is 15.9. The van der Waals surface area contributed by atoms with Gasteiger partial charge in [-0.3, -0.25) is 9.59 Å². The summed E-state index contributed by atoms with van der Waals surface area (Å²) in [6.45, 7) is -0.0700. The normalized spacial score (nSPS) is 11.7. The van der Waals surface area contributed by atoms with Crippen molar-refractivity contribution in [1.82, 2.24) is 10.6 Å².